The van der Waals surface area contributed by atoms with Gasteiger partial charge in [-0.05, 0) is 125 Å². The Kier molecular flexibility index (Phi) is 20.9. The minimum atomic E-state index is -0.122. The van der Waals surface area contributed by atoms with Crippen molar-refractivity contribution in [2.45, 2.75) is 153 Å². The molecule has 0 bridgehead atoms. The number of furan rings is 2. The SMILES string of the molecule is Brc1cccc2c1oc1ccccc12.COc1cccc(C)c1-c1ccccc1P(C1CCCCC1)C1CCCCC1.[CH-]1CCCCC1.[Cl-].[Mg+2].c1ccc2c(c1)oc1c(C3CCCCC3)cccc12. The van der Waals surface area contributed by atoms with Gasteiger partial charge in [0.15, 0.2) is 0 Å². The van der Waals surface area contributed by atoms with Crippen molar-refractivity contribution in [2.24, 2.45) is 0 Å². The normalized spacial score (nSPS) is 16.9. The molecule has 8 aromatic rings. The van der Waals surface area contributed by atoms with E-state index in [1.54, 1.807) is 5.30 Å². The molecule has 0 radical (unpaired) electrons. The summed E-state index contributed by atoms with van der Waals surface area (Å²) < 4.78 is 18.7. The predicted octanol–water partition coefficient (Wildman–Crippen LogP) is 16.2. The van der Waals surface area contributed by atoms with Gasteiger partial charge < -0.3 is 32.4 Å². The molecular weight excluding hydrogens is 963 g/mol. The van der Waals surface area contributed by atoms with Gasteiger partial charge in [-0.15, -0.1) is 0 Å². The molecule has 4 aliphatic rings. The van der Waals surface area contributed by atoms with Crippen LogP contribution in [0.25, 0.3) is 55.0 Å². The molecular formula is C62H71BrClMgO3P. The third-order valence-corrected chi connectivity index (χ3v) is 19.2. The van der Waals surface area contributed by atoms with Crippen molar-refractivity contribution in [2.75, 3.05) is 7.11 Å². The van der Waals surface area contributed by atoms with Crippen LogP contribution in [0.4, 0.5) is 0 Å². The molecule has 6 aromatic carbocycles. The zero-order valence-electron chi connectivity index (χ0n) is 41.2. The number of aryl methyl sites for hydroxylation is 1. The van der Waals surface area contributed by atoms with E-state index in [0.29, 0.717) is 5.92 Å². The number of halogens is 2. The van der Waals surface area contributed by atoms with Crippen LogP contribution in [0.2, 0.25) is 0 Å². The summed E-state index contributed by atoms with van der Waals surface area (Å²) in [5, 5.41) is 6.51. The number of hydrogen-bond acceptors (Lipinski definition) is 3. The summed E-state index contributed by atoms with van der Waals surface area (Å²) in [6.07, 6.45) is 30.7. The van der Waals surface area contributed by atoms with Crippen molar-refractivity contribution in [3.05, 3.63) is 149 Å². The molecule has 0 spiro atoms. The molecule has 0 amide bonds. The molecule has 4 aliphatic carbocycles. The number of para-hydroxylation sites is 4. The van der Waals surface area contributed by atoms with Crippen molar-refractivity contribution in [1.29, 1.82) is 0 Å². The van der Waals surface area contributed by atoms with E-state index in [1.807, 2.05) is 43.5 Å². The summed E-state index contributed by atoms with van der Waals surface area (Å²) in [5.41, 5.74) is 11.4. The zero-order valence-corrected chi connectivity index (χ0v) is 45.9. The van der Waals surface area contributed by atoms with Crippen LogP contribution in [0.1, 0.15) is 145 Å². The van der Waals surface area contributed by atoms with Gasteiger partial charge in [0.1, 0.15) is 28.1 Å². The smallest absolute Gasteiger partial charge is 1.00 e. The van der Waals surface area contributed by atoms with E-state index in [2.05, 4.69) is 120 Å². The number of rotatable bonds is 6. The molecule has 2 aromatic heterocycles. The van der Waals surface area contributed by atoms with Gasteiger partial charge >= 0.3 is 23.1 Å². The summed E-state index contributed by atoms with van der Waals surface area (Å²) >= 11 is 3.48. The summed E-state index contributed by atoms with van der Waals surface area (Å²) in [6.45, 7) is 2.23. The first-order valence-electron chi connectivity index (χ1n) is 25.9. The third kappa shape index (κ3) is 13.0. The summed E-state index contributed by atoms with van der Waals surface area (Å²) in [7, 11) is 1.69. The molecule has 4 saturated carbocycles. The van der Waals surface area contributed by atoms with Gasteiger partial charge in [-0.25, -0.2) is 0 Å². The molecule has 7 heteroatoms. The van der Waals surface area contributed by atoms with Crippen molar-refractivity contribution in [1.82, 2.24) is 0 Å². The Balaban J connectivity index is 0.000000148. The van der Waals surface area contributed by atoms with E-state index < -0.39 is 0 Å². The second-order valence-corrected chi connectivity index (χ2v) is 23.1. The van der Waals surface area contributed by atoms with Gasteiger partial charge in [0.2, 0.25) is 0 Å². The van der Waals surface area contributed by atoms with Crippen molar-refractivity contribution in [3.63, 3.8) is 0 Å². The average molecular weight is 1030 g/mol. The maximum atomic E-state index is 6.14. The summed E-state index contributed by atoms with van der Waals surface area (Å²) in [4.78, 5) is 0. The summed E-state index contributed by atoms with van der Waals surface area (Å²) in [6, 6.07) is 45.0. The van der Waals surface area contributed by atoms with Crippen LogP contribution in [0.15, 0.2) is 141 Å². The number of methoxy groups -OCH3 is 1. The van der Waals surface area contributed by atoms with Gasteiger partial charge in [-0.3, -0.25) is 0 Å². The summed E-state index contributed by atoms with van der Waals surface area (Å²) in [5.74, 6) is 1.72. The molecule has 0 unspecified atom stereocenters. The van der Waals surface area contributed by atoms with Crippen LogP contribution in [-0.4, -0.2) is 41.5 Å². The minimum Gasteiger partial charge on any atom is -1.00 e. The van der Waals surface area contributed by atoms with Crippen LogP contribution < -0.4 is 22.4 Å². The second kappa shape index (κ2) is 26.9. The molecule has 4 fully saturated rings. The van der Waals surface area contributed by atoms with Crippen LogP contribution in [0.5, 0.6) is 5.75 Å². The Hall–Kier alpha value is -3.31. The van der Waals surface area contributed by atoms with E-state index in [0.717, 1.165) is 49.3 Å². The molecule has 0 atom stereocenters. The van der Waals surface area contributed by atoms with E-state index in [1.165, 1.54) is 167 Å². The molecule has 2 heterocycles. The first kappa shape index (κ1) is 53.5. The van der Waals surface area contributed by atoms with E-state index in [-0.39, 0.29) is 43.4 Å². The monoisotopic (exact) mass is 1030 g/mol. The quantitative estimate of drug-likeness (QED) is 0.0946. The van der Waals surface area contributed by atoms with Crippen LogP contribution >= 0.6 is 23.9 Å². The standard InChI is InChI=1S/C26H35OP.C18H18O.C12H7BrO.C6H11.ClH.Mg/c1-20-12-11-18-24(27-2)26(20)23-17-9-10-19-25(23)28(21-13-5-3-6-14-21)22-15-7-4-8-16-22;1-2-7-13(8-3-1)14-10-6-11-16-15-9-4-5-12-17(15)19-18(14)16;13-10-6-3-5-9-8-4-1-2-7-11(8)14-12(9)10;1-2-4-6-5-3-1;;/h9-12,17-19,21-22H,3-8,13-16H2,1-2H3;4-6,9-13H,1-3,7-8H2;1-7H;1H,2-6H2;1H;/q;;;-1;;+2/p-1. The first-order chi connectivity index (χ1) is 33.1. The topological polar surface area (TPSA) is 35.5 Å². The number of ether oxygens (including phenoxy) is 1. The molecule has 358 valence electrons. The van der Waals surface area contributed by atoms with Gasteiger partial charge in [-0.1, -0.05) is 188 Å². The predicted molar refractivity (Wildman–Crippen MR) is 298 cm³/mol. The molecule has 0 saturated heterocycles. The van der Waals surface area contributed by atoms with Crippen LogP contribution in [0.3, 0.4) is 0 Å². The number of benzene rings is 6. The fourth-order valence-electron chi connectivity index (χ4n) is 11.6. The Morgan fingerprint density at radius 1 is 0.522 bits per heavy atom. The first-order valence-corrected chi connectivity index (χ1v) is 28.1. The van der Waals surface area contributed by atoms with Crippen molar-refractivity contribution < 1.29 is 26.0 Å². The molecule has 0 N–H and O–H groups in total. The fraction of sp³-hybridized carbons (Fsp3) is 0.403. The van der Waals surface area contributed by atoms with E-state index >= 15 is 0 Å². The average Bonchev–Trinajstić information content (AvgIpc) is 3.98. The Bertz CT molecular complexity index is 2780. The Morgan fingerprint density at radius 3 is 1.59 bits per heavy atom. The van der Waals surface area contributed by atoms with Gasteiger partial charge in [0.25, 0.3) is 0 Å². The number of hydrogen-bond donors (Lipinski definition) is 0. The fourth-order valence-corrected chi connectivity index (χ4v) is 16.0. The minimum absolute atomic E-state index is 0. The molecule has 3 nitrogen and oxygen atoms in total. The Labute approximate surface area is 444 Å². The number of fused-ring (bicyclic) bond motifs is 6. The van der Waals surface area contributed by atoms with E-state index in [9.17, 15) is 0 Å². The third-order valence-electron chi connectivity index (χ3n) is 15.0. The molecule has 69 heavy (non-hydrogen) atoms. The maximum absolute atomic E-state index is 6.14. The van der Waals surface area contributed by atoms with Crippen LogP contribution in [0, 0.1) is 13.3 Å². The van der Waals surface area contributed by atoms with Crippen molar-refractivity contribution in [3.8, 4) is 16.9 Å². The zero-order chi connectivity index (χ0) is 45.8. The second-order valence-electron chi connectivity index (χ2n) is 19.5. The van der Waals surface area contributed by atoms with Gasteiger partial charge in [-0.2, -0.15) is 12.8 Å². The van der Waals surface area contributed by atoms with Gasteiger partial charge in [0, 0.05) is 27.1 Å². The molecule has 12 rings (SSSR count). The molecule has 0 aliphatic heterocycles. The van der Waals surface area contributed by atoms with Crippen molar-refractivity contribution >= 4 is 96.1 Å². The van der Waals surface area contributed by atoms with E-state index in [4.69, 9.17) is 13.6 Å². The Morgan fingerprint density at radius 2 is 1.01 bits per heavy atom. The largest absolute Gasteiger partial charge is 2.00 e. The van der Waals surface area contributed by atoms with Gasteiger partial charge in [0.05, 0.1) is 11.6 Å². The maximum Gasteiger partial charge on any atom is 2.00 e. The van der Waals surface area contributed by atoms with Crippen LogP contribution in [-0.2, 0) is 0 Å².